The van der Waals surface area contributed by atoms with Crippen molar-refractivity contribution in [2.24, 2.45) is 0 Å². The summed E-state index contributed by atoms with van der Waals surface area (Å²) in [6.45, 7) is 0.604. The normalized spacial score (nSPS) is 18.3. The predicted molar refractivity (Wildman–Crippen MR) is 118 cm³/mol. The first-order valence-corrected chi connectivity index (χ1v) is 11.0. The molecule has 0 unspecified atom stereocenters. The number of hydrogen-bond donors (Lipinski definition) is 1. The summed E-state index contributed by atoms with van der Waals surface area (Å²) in [6.07, 6.45) is 0.769. The third-order valence-corrected chi connectivity index (χ3v) is 7.40. The molecule has 0 bridgehead atoms. The van der Waals surface area contributed by atoms with Gasteiger partial charge in [0.1, 0.15) is 0 Å². The molecule has 1 saturated heterocycles. The minimum atomic E-state index is -0.773. The lowest BCUT2D eigenvalue weighted by Crippen LogP contribution is -2.22. The molecular formula is C26H19NOP. The standard InChI is InChI=1S/C26H19NOP/c1-4-11-20(12-5-1)24-19-28-26(27-24)23-17-10-18-25(23)29(21-13-6-2-7-14-21)22-15-8-3-9-16-22/h1-9,11-16,24,27H,19H2/t24-/m1/s1. The van der Waals surface area contributed by atoms with E-state index in [9.17, 15) is 0 Å². The van der Waals surface area contributed by atoms with Crippen LogP contribution in [0.3, 0.4) is 0 Å². The van der Waals surface area contributed by atoms with Crippen LogP contribution in [0.2, 0.25) is 0 Å². The molecule has 139 valence electrons. The zero-order chi connectivity index (χ0) is 19.5. The molecule has 3 aromatic rings. The highest BCUT2D eigenvalue weighted by atomic mass is 31.1. The largest absolute Gasteiger partial charge is 0.349 e. The molecule has 1 N–H and O–H groups in total. The Labute approximate surface area is 172 Å². The van der Waals surface area contributed by atoms with E-state index in [2.05, 4.69) is 107 Å². The van der Waals surface area contributed by atoms with Gasteiger partial charge in [-0.15, -0.1) is 0 Å². The average molecular weight is 392 g/mol. The Morgan fingerprint density at radius 3 is 1.97 bits per heavy atom. The monoisotopic (exact) mass is 392 g/mol. The van der Waals surface area contributed by atoms with E-state index in [0.29, 0.717) is 6.61 Å². The summed E-state index contributed by atoms with van der Waals surface area (Å²) >= 11 is 0. The Balaban J connectivity index is 1.46. The van der Waals surface area contributed by atoms with Gasteiger partial charge in [0, 0.05) is 0 Å². The summed E-state index contributed by atoms with van der Waals surface area (Å²) in [5.41, 5.74) is 11.8. The Morgan fingerprint density at radius 1 is 0.759 bits per heavy atom. The van der Waals surface area contributed by atoms with Crippen LogP contribution < -0.4 is 15.9 Å². The summed E-state index contributed by atoms with van der Waals surface area (Å²) in [4.78, 5) is 0. The summed E-state index contributed by atoms with van der Waals surface area (Å²) in [5, 5.41) is 7.18. The Morgan fingerprint density at radius 2 is 1.34 bits per heavy atom. The first-order chi connectivity index (χ1) is 14.4. The van der Waals surface area contributed by atoms with Gasteiger partial charge in [0.2, 0.25) is 6.23 Å². The van der Waals surface area contributed by atoms with Crippen LogP contribution in [0, 0.1) is 6.23 Å². The highest BCUT2D eigenvalue weighted by Crippen LogP contribution is 2.49. The summed E-state index contributed by atoms with van der Waals surface area (Å²) < 4.78 is 6.07. The topological polar surface area (TPSA) is 21.3 Å². The molecule has 3 aromatic carbocycles. The Bertz CT molecular complexity index is 1100. The molecule has 1 heterocycles. The van der Waals surface area contributed by atoms with E-state index >= 15 is 0 Å². The van der Waals surface area contributed by atoms with Crippen molar-refractivity contribution in [2.45, 2.75) is 6.04 Å². The van der Waals surface area contributed by atoms with Crippen LogP contribution in [-0.4, -0.2) is 6.61 Å². The minimum Gasteiger partial charge on any atom is -0.349 e. The van der Waals surface area contributed by atoms with E-state index < -0.39 is 7.92 Å². The zero-order valence-corrected chi connectivity index (χ0v) is 16.7. The third-order valence-electron chi connectivity index (χ3n) is 4.99. The van der Waals surface area contributed by atoms with Gasteiger partial charge < -0.3 is 4.74 Å². The number of ether oxygens (including phenoxy) is 1. The van der Waals surface area contributed by atoms with Gasteiger partial charge in [0.25, 0.3) is 0 Å². The van der Waals surface area contributed by atoms with Crippen molar-refractivity contribution in [3.8, 4) is 0 Å². The second-order valence-electron chi connectivity index (χ2n) is 6.85. The lowest BCUT2D eigenvalue weighted by molar-refractivity contribution is 0.207. The van der Waals surface area contributed by atoms with Crippen molar-refractivity contribution in [3.63, 3.8) is 0 Å². The third kappa shape index (κ3) is 3.70. The highest BCUT2D eigenvalue weighted by Gasteiger charge is 2.35. The smallest absolute Gasteiger partial charge is 0.203 e. The molecule has 1 aliphatic carbocycles. The van der Waals surface area contributed by atoms with Gasteiger partial charge in [0.05, 0.1) is 23.5 Å². The summed E-state index contributed by atoms with van der Waals surface area (Å²) in [7, 11) is -0.773. The van der Waals surface area contributed by atoms with Crippen molar-refractivity contribution in [3.05, 3.63) is 131 Å². The maximum atomic E-state index is 6.07. The molecule has 5 rings (SSSR count). The second-order valence-corrected chi connectivity index (χ2v) is 9.00. The predicted octanol–water partition coefficient (Wildman–Crippen LogP) is 4.70. The van der Waals surface area contributed by atoms with Gasteiger partial charge in [-0.3, -0.25) is 5.32 Å². The molecular weight excluding hydrogens is 373 g/mol. The van der Waals surface area contributed by atoms with Crippen LogP contribution >= 0.6 is 7.92 Å². The van der Waals surface area contributed by atoms with E-state index in [-0.39, 0.29) is 6.04 Å². The average Bonchev–Trinajstić information content (AvgIpc) is 3.46. The highest BCUT2D eigenvalue weighted by molar-refractivity contribution is 7.77. The van der Waals surface area contributed by atoms with E-state index in [1.54, 1.807) is 0 Å². The molecule has 0 spiro atoms. The molecule has 0 aromatic heterocycles. The first-order valence-electron chi connectivity index (χ1n) is 9.63. The first kappa shape index (κ1) is 18.1. The van der Waals surface area contributed by atoms with Crippen molar-refractivity contribution >= 4 is 18.5 Å². The fourth-order valence-electron chi connectivity index (χ4n) is 3.59. The summed E-state index contributed by atoms with van der Waals surface area (Å²) in [5.74, 6) is 0. The van der Waals surface area contributed by atoms with Crippen LogP contribution in [0.4, 0.5) is 0 Å². The van der Waals surface area contributed by atoms with Crippen LogP contribution in [0.15, 0.2) is 119 Å². The zero-order valence-electron chi connectivity index (χ0n) is 15.8. The Kier molecular flexibility index (Phi) is 5.14. The maximum Gasteiger partial charge on any atom is 0.203 e. The van der Waals surface area contributed by atoms with Crippen LogP contribution in [-0.2, 0) is 4.74 Å². The fraction of sp³-hybridized carbons (Fsp3) is 0.0769. The lowest BCUT2D eigenvalue weighted by Gasteiger charge is -2.22. The molecule has 1 radical (unpaired) electrons. The Hall–Kier alpha value is -2.91. The fourth-order valence-corrected chi connectivity index (χ4v) is 5.89. The minimum absolute atomic E-state index is 0.141. The van der Waals surface area contributed by atoms with E-state index in [1.807, 2.05) is 6.07 Å². The van der Waals surface area contributed by atoms with Gasteiger partial charge in [-0.25, -0.2) is 0 Å². The van der Waals surface area contributed by atoms with Gasteiger partial charge in [0.15, 0.2) is 0 Å². The molecule has 1 atom stereocenters. The number of benzene rings is 3. The number of hydrogen-bond acceptors (Lipinski definition) is 2. The van der Waals surface area contributed by atoms with E-state index in [0.717, 1.165) is 17.1 Å². The second kappa shape index (κ2) is 8.22. The van der Waals surface area contributed by atoms with Crippen molar-refractivity contribution in [1.29, 1.82) is 0 Å². The number of nitrogens with one attached hydrogen (secondary N) is 1. The lowest BCUT2D eigenvalue weighted by atomic mass is 10.1. The molecule has 3 heteroatoms. The molecule has 0 saturated carbocycles. The molecule has 1 aliphatic heterocycles. The van der Waals surface area contributed by atoms with Crippen LogP contribution in [0.25, 0.3) is 0 Å². The van der Waals surface area contributed by atoms with Crippen molar-refractivity contribution in [2.75, 3.05) is 6.61 Å². The van der Waals surface area contributed by atoms with E-state index in [4.69, 9.17) is 4.74 Å². The van der Waals surface area contributed by atoms with Crippen molar-refractivity contribution < 1.29 is 4.74 Å². The molecule has 2 aliphatic rings. The quantitative estimate of drug-likeness (QED) is 0.502. The number of rotatable bonds is 5. The molecule has 29 heavy (non-hydrogen) atoms. The SMILES string of the molecule is C1=C=C([C]2N[C@@H](c3ccccc3)CO2)C(P(c2ccccc2)c2ccccc2)=C=1. The van der Waals surface area contributed by atoms with Crippen molar-refractivity contribution in [1.82, 2.24) is 5.32 Å². The van der Waals surface area contributed by atoms with Crippen LogP contribution in [0.1, 0.15) is 11.6 Å². The molecule has 0 amide bonds. The van der Waals surface area contributed by atoms with Gasteiger partial charge in [-0.1, -0.05) is 102 Å². The van der Waals surface area contributed by atoms with E-state index in [1.165, 1.54) is 16.2 Å². The molecule has 2 nitrogen and oxygen atoms in total. The van der Waals surface area contributed by atoms with Gasteiger partial charge >= 0.3 is 0 Å². The maximum absolute atomic E-state index is 6.07. The summed E-state index contributed by atoms with van der Waals surface area (Å²) in [6, 6.07) is 31.7. The van der Waals surface area contributed by atoms with Gasteiger partial charge in [-0.05, 0) is 29.8 Å². The van der Waals surface area contributed by atoms with Gasteiger partial charge in [-0.2, -0.15) is 0 Å². The molecule has 1 fully saturated rings. The van der Waals surface area contributed by atoms with Crippen LogP contribution in [0.5, 0.6) is 0 Å².